The number of carbonyl (C=O) groups excluding carboxylic acids is 3. The summed E-state index contributed by atoms with van der Waals surface area (Å²) in [6, 6.07) is 0. The molecule has 0 aromatic heterocycles. The number of amides is 1. The summed E-state index contributed by atoms with van der Waals surface area (Å²) in [5.74, 6) is 0.0522. The molecule has 0 saturated heterocycles. The molecule has 6 heteroatoms. The molecule has 0 heterocycles. The Morgan fingerprint density at radius 2 is 1.94 bits per heavy atom. The number of rotatable bonds is 7. The maximum absolute atomic E-state index is 11.2. The molecule has 0 fully saturated rings. The van der Waals surface area contributed by atoms with Crippen LogP contribution in [0.3, 0.4) is 0 Å². The first-order valence-electron chi connectivity index (χ1n) is 5.16. The Kier molecular flexibility index (Phi) is 8.13. The summed E-state index contributed by atoms with van der Waals surface area (Å²) in [4.78, 5) is 32.8. The molecule has 0 aromatic carbocycles. The number of hydrogen-bond acceptors (Lipinski definition) is 5. The maximum atomic E-state index is 11.2. The van der Waals surface area contributed by atoms with Crippen LogP contribution in [0.25, 0.3) is 0 Å². The highest BCUT2D eigenvalue weighted by atomic mass is 32.2. The van der Waals surface area contributed by atoms with E-state index in [1.807, 2.05) is 0 Å². The highest BCUT2D eigenvalue weighted by molar-refractivity contribution is 8.13. The predicted molar refractivity (Wildman–Crippen MR) is 66.9 cm³/mol. The van der Waals surface area contributed by atoms with Gasteiger partial charge >= 0.3 is 5.97 Å². The highest BCUT2D eigenvalue weighted by Crippen LogP contribution is 2.03. The lowest BCUT2D eigenvalue weighted by Crippen LogP contribution is -2.25. The van der Waals surface area contributed by atoms with E-state index in [4.69, 9.17) is 4.74 Å². The van der Waals surface area contributed by atoms with Crippen LogP contribution in [0.5, 0.6) is 0 Å². The summed E-state index contributed by atoms with van der Waals surface area (Å²) in [5.41, 5.74) is 0.326. The number of ether oxygens (including phenoxy) is 1. The van der Waals surface area contributed by atoms with Gasteiger partial charge in [0.2, 0.25) is 0 Å². The number of esters is 1. The number of nitrogens with one attached hydrogen (secondary N) is 1. The van der Waals surface area contributed by atoms with Crippen molar-refractivity contribution >= 4 is 28.8 Å². The Hall–Kier alpha value is -1.30. The Balaban J connectivity index is 3.48. The average molecular weight is 259 g/mol. The van der Waals surface area contributed by atoms with Gasteiger partial charge in [0.05, 0.1) is 6.54 Å². The molecule has 1 amide bonds. The number of Topliss-reactive ketones (excluding diaryl/α,β-unsaturated/α-hetero) is 1. The first kappa shape index (κ1) is 15.7. The quantitative estimate of drug-likeness (QED) is 0.426. The molecule has 96 valence electrons. The van der Waals surface area contributed by atoms with Gasteiger partial charge in [0.25, 0.3) is 5.24 Å². The predicted octanol–water partition coefficient (Wildman–Crippen LogP) is 1.53. The van der Waals surface area contributed by atoms with E-state index in [1.54, 1.807) is 6.92 Å². The first-order chi connectivity index (χ1) is 7.93. The van der Waals surface area contributed by atoms with Crippen molar-refractivity contribution in [3.05, 3.63) is 12.2 Å². The fraction of sp³-hybridized carbons (Fsp3) is 0.545. The molecule has 0 radical (unpaired) electrons. The molecule has 0 aromatic rings. The number of thioether (sulfide) groups is 1. The smallest absolute Gasteiger partial charge is 0.333 e. The van der Waals surface area contributed by atoms with E-state index in [9.17, 15) is 14.4 Å². The van der Waals surface area contributed by atoms with Crippen LogP contribution in [0, 0.1) is 0 Å². The topological polar surface area (TPSA) is 72.5 Å². The maximum Gasteiger partial charge on any atom is 0.333 e. The first-order valence-corrected chi connectivity index (χ1v) is 6.14. The van der Waals surface area contributed by atoms with Crippen molar-refractivity contribution in [2.75, 3.05) is 18.9 Å². The van der Waals surface area contributed by atoms with Crippen LogP contribution in [0.2, 0.25) is 0 Å². The van der Waals surface area contributed by atoms with Gasteiger partial charge in [0.15, 0.2) is 0 Å². The zero-order chi connectivity index (χ0) is 13.3. The van der Waals surface area contributed by atoms with Gasteiger partial charge in [-0.1, -0.05) is 18.3 Å². The summed E-state index contributed by atoms with van der Waals surface area (Å²) in [7, 11) is 0. The highest BCUT2D eigenvalue weighted by Gasteiger charge is 2.05. The number of ketones is 1. The molecule has 5 nitrogen and oxygen atoms in total. The second-order valence-electron chi connectivity index (χ2n) is 3.43. The van der Waals surface area contributed by atoms with Crippen LogP contribution in [0.1, 0.15) is 20.3 Å². The summed E-state index contributed by atoms with van der Waals surface area (Å²) >= 11 is 1.04. The van der Waals surface area contributed by atoms with E-state index in [2.05, 4.69) is 11.9 Å². The van der Waals surface area contributed by atoms with Gasteiger partial charge in [-0.2, -0.15) is 0 Å². The standard InChI is InChI=1S/C11H17NO4S/c1-8(2)10(14)16-6-5-12-11(15)17-7-4-9(3)13/h1,4-7H2,2-3H3,(H,12,15). The summed E-state index contributed by atoms with van der Waals surface area (Å²) in [6.07, 6.45) is 0.378. The van der Waals surface area contributed by atoms with Gasteiger partial charge in [-0.05, 0) is 13.8 Å². The zero-order valence-electron chi connectivity index (χ0n) is 10.1. The molecular weight excluding hydrogens is 242 g/mol. The third kappa shape index (κ3) is 9.62. The van der Waals surface area contributed by atoms with E-state index in [1.165, 1.54) is 6.92 Å². The fourth-order valence-electron chi connectivity index (χ4n) is 0.759. The molecule has 1 N–H and O–H groups in total. The van der Waals surface area contributed by atoms with Gasteiger partial charge < -0.3 is 10.1 Å². The third-order valence-corrected chi connectivity index (χ3v) is 2.46. The summed E-state index contributed by atoms with van der Waals surface area (Å²) in [5, 5.41) is 2.33. The van der Waals surface area contributed by atoms with Crippen molar-refractivity contribution in [2.24, 2.45) is 0 Å². The van der Waals surface area contributed by atoms with E-state index in [-0.39, 0.29) is 24.2 Å². The van der Waals surface area contributed by atoms with E-state index >= 15 is 0 Å². The van der Waals surface area contributed by atoms with Crippen molar-refractivity contribution < 1.29 is 19.1 Å². The van der Waals surface area contributed by atoms with Gasteiger partial charge in [0, 0.05) is 17.7 Å². The molecular formula is C11H17NO4S. The molecule has 0 rings (SSSR count). The monoisotopic (exact) mass is 259 g/mol. The lowest BCUT2D eigenvalue weighted by Gasteiger charge is -2.05. The Morgan fingerprint density at radius 3 is 2.47 bits per heavy atom. The van der Waals surface area contributed by atoms with Crippen molar-refractivity contribution in [3.8, 4) is 0 Å². The SMILES string of the molecule is C=C(C)C(=O)OCCNC(=O)SCCC(C)=O. The second kappa shape index (κ2) is 8.81. The summed E-state index contributed by atoms with van der Waals surface area (Å²) in [6.45, 7) is 6.83. The van der Waals surface area contributed by atoms with Crippen LogP contribution in [0.4, 0.5) is 4.79 Å². The third-order valence-electron chi connectivity index (χ3n) is 1.64. The van der Waals surface area contributed by atoms with Gasteiger partial charge in [0.1, 0.15) is 12.4 Å². The van der Waals surface area contributed by atoms with Crippen LogP contribution in [-0.4, -0.2) is 35.9 Å². The lowest BCUT2D eigenvalue weighted by molar-refractivity contribution is -0.138. The minimum Gasteiger partial charge on any atom is -0.460 e. The van der Waals surface area contributed by atoms with Gasteiger partial charge in [-0.15, -0.1) is 0 Å². The average Bonchev–Trinajstić information content (AvgIpc) is 2.23. The molecule has 0 spiro atoms. The Morgan fingerprint density at radius 1 is 1.29 bits per heavy atom. The van der Waals surface area contributed by atoms with Gasteiger partial charge in [-0.3, -0.25) is 9.59 Å². The lowest BCUT2D eigenvalue weighted by atomic mass is 10.4. The molecule has 17 heavy (non-hydrogen) atoms. The molecule has 0 bridgehead atoms. The van der Waals surface area contributed by atoms with Crippen molar-refractivity contribution in [3.63, 3.8) is 0 Å². The Labute approximate surface area is 105 Å². The Bertz CT molecular complexity index is 315. The normalized spacial score (nSPS) is 9.53. The molecule has 0 unspecified atom stereocenters. The van der Waals surface area contributed by atoms with Crippen LogP contribution in [0.15, 0.2) is 12.2 Å². The zero-order valence-corrected chi connectivity index (χ0v) is 10.9. The molecule has 0 aliphatic rings. The number of hydrogen-bond donors (Lipinski definition) is 1. The van der Waals surface area contributed by atoms with E-state index in [0.717, 1.165) is 11.8 Å². The van der Waals surface area contributed by atoms with Crippen molar-refractivity contribution in [1.29, 1.82) is 0 Å². The molecule has 0 aliphatic heterocycles. The second-order valence-corrected chi connectivity index (χ2v) is 4.50. The fourth-order valence-corrected chi connectivity index (χ4v) is 1.54. The van der Waals surface area contributed by atoms with Gasteiger partial charge in [-0.25, -0.2) is 4.79 Å². The molecule has 0 saturated carbocycles. The van der Waals surface area contributed by atoms with Crippen LogP contribution in [-0.2, 0) is 14.3 Å². The molecule has 0 atom stereocenters. The summed E-state index contributed by atoms with van der Waals surface area (Å²) < 4.78 is 4.78. The van der Waals surface area contributed by atoms with Crippen LogP contribution < -0.4 is 5.32 Å². The van der Waals surface area contributed by atoms with Crippen molar-refractivity contribution in [2.45, 2.75) is 20.3 Å². The van der Waals surface area contributed by atoms with Crippen molar-refractivity contribution in [1.82, 2.24) is 5.32 Å². The minimum absolute atomic E-state index is 0.0562. The van der Waals surface area contributed by atoms with Crippen LogP contribution >= 0.6 is 11.8 Å². The number of carbonyl (C=O) groups is 3. The minimum atomic E-state index is -0.469. The van der Waals surface area contributed by atoms with E-state index < -0.39 is 5.97 Å². The van der Waals surface area contributed by atoms with E-state index in [0.29, 0.717) is 17.7 Å². The largest absolute Gasteiger partial charge is 0.460 e. The molecule has 0 aliphatic carbocycles.